The molecular formula is C29H30N4O5. The minimum Gasteiger partial charge on any atom is -0.508 e. The maximum atomic E-state index is 13.2. The molecule has 0 bridgehead atoms. The SMILES string of the molecule is CCOc1ccccc1N=Nc1c(C)[nH]n(-c2cc(O)cc(-c3ccc(C(=O)OC(C)(C)C)cc3)c2)c1=O. The van der Waals surface area contributed by atoms with E-state index in [9.17, 15) is 14.7 Å². The summed E-state index contributed by atoms with van der Waals surface area (Å²) in [7, 11) is 0. The second-order valence-corrected chi connectivity index (χ2v) is 9.64. The van der Waals surface area contributed by atoms with Crippen LogP contribution in [-0.2, 0) is 4.74 Å². The van der Waals surface area contributed by atoms with Crippen LogP contribution in [0.5, 0.6) is 11.5 Å². The smallest absolute Gasteiger partial charge is 0.338 e. The molecule has 2 N–H and O–H groups in total. The van der Waals surface area contributed by atoms with E-state index in [1.165, 1.54) is 10.7 Å². The minimum absolute atomic E-state index is 0.0262. The molecular weight excluding hydrogens is 484 g/mol. The van der Waals surface area contributed by atoms with E-state index >= 15 is 0 Å². The highest BCUT2D eigenvalue weighted by Gasteiger charge is 2.18. The molecule has 4 rings (SSSR count). The van der Waals surface area contributed by atoms with Gasteiger partial charge in [-0.25, -0.2) is 9.48 Å². The molecule has 3 aromatic carbocycles. The Kier molecular flexibility index (Phi) is 7.47. The number of rotatable bonds is 7. The molecule has 0 unspecified atom stereocenters. The lowest BCUT2D eigenvalue weighted by atomic mass is 10.0. The van der Waals surface area contributed by atoms with E-state index in [0.29, 0.717) is 40.6 Å². The summed E-state index contributed by atoms with van der Waals surface area (Å²) in [6, 6.07) is 18.8. The third kappa shape index (κ3) is 6.00. The molecule has 0 saturated carbocycles. The van der Waals surface area contributed by atoms with Crippen LogP contribution in [0.2, 0.25) is 0 Å². The quantitative estimate of drug-likeness (QED) is 0.212. The second kappa shape index (κ2) is 10.8. The topological polar surface area (TPSA) is 118 Å². The van der Waals surface area contributed by atoms with Crippen LogP contribution in [0, 0.1) is 6.92 Å². The van der Waals surface area contributed by atoms with Gasteiger partial charge in [-0.15, -0.1) is 10.2 Å². The van der Waals surface area contributed by atoms with Crippen molar-refractivity contribution in [3.05, 3.63) is 88.3 Å². The van der Waals surface area contributed by atoms with Gasteiger partial charge in [0, 0.05) is 6.07 Å². The van der Waals surface area contributed by atoms with Gasteiger partial charge in [0.15, 0.2) is 5.69 Å². The second-order valence-electron chi connectivity index (χ2n) is 9.64. The van der Waals surface area contributed by atoms with Crippen molar-refractivity contribution in [3.8, 4) is 28.3 Å². The summed E-state index contributed by atoms with van der Waals surface area (Å²) in [4.78, 5) is 25.6. The molecule has 196 valence electrons. The number of aromatic hydroxyl groups is 1. The first-order valence-electron chi connectivity index (χ1n) is 12.2. The largest absolute Gasteiger partial charge is 0.508 e. The molecule has 1 aromatic heterocycles. The van der Waals surface area contributed by atoms with Gasteiger partial charge < -0.3 is 14.6 Å². The number of para-hydroxylation sites is 1. The van der Waals surface area contributed by atoms with Crippen molar-refractivity contribution in [2.24, 2.45) is 10.2 Å². The van der Waals surface area contributed by atoms with Crippen molar-refractivity contribution >= 4 is 17.3 Å². The first kappa shape index (κ1) is 26.4. The van der Waals surface area contributed by atoms with Crippen molar-refractivity contribution < 1.29 is 19.4 Å². The average molecular weight is 515 g/mol. The van der Waals surface area contributed by atoms with Crippen LogP contribution in [0.15, 0.2) is 81.8 Å². The van der Waals surface area contributed by atoms with E-state index in [0.717, 1.165) is 5.56 Å². The van der Waals surface area contributed by atoms with E-state index in [-0.39, 0.29) is 11.4 Å². The van der Waals surface area contributed by atoms with Gasteiger partial charge in [0.25, 0.3) is 5.56 Å². The van der Waals surface area contributed by atoms with Crippen molar-refractivity contribution in [2.75, 3.05) is 6.61 Å². The summed E-state index contributed by atoms with van der Waals surface area (Å²) in [5.74, 6) is 0.129. The van der Waals surface area contributed by atoms with Crippen molar-refractivity contribution in [1.82, 2.24) is 9.78 Å². The number of azo groups is 1. The third-order valence-corrected chi connectivity index (χ3v) is 5.48. The summed E-state index contributed by atoms with van der Waals surface area (Å²) in [5.41, 5.74) is 2.39. The van der Waals surface area contributed by atoms with E-state index in [4.69, 9.17) is 9.47 Å². The Hall–Kier alpha value is -4.66. The summed E-state index contributed by atoms with van der Waals surface area (Å²) >= 11 is 0. The molecule has 0 atom stereocenters. The molecule has 9 heteroatoms. The number of esters is 1. The number of aromatic nitrogens is 2. The fraction of sp³-hybridized carbons (Fsp3) is 0.241. The number of hydrogen-bond acceptors (Lipinski definition) is 7. The summed E-state index contributed by atoms with van der Waals surface area (Å²) in [5, 5.41) is 21.9. The number of nitrogens with zero attached hydrogens (tertiary/aromatic N) is 3. The maximum Gasteiger partial charge on any atom is 0.338 e. The Labute approximate surface area is 220 Å². The van der Waals surface area contributed by atoms with E-state index in [2.05, 4.69) is 15.3 Å². The van der Waals surface area contributed by atoms with Crippen molar-refractivity contribution in [2.45, 2.75) is 40.2 Å². The molecule has 0 spiro atoms. The zero-order chi connectivity index (χ0) is 27.4. The average Bonchev–Trinajstić information content (AvgIpc) is 3.15. The van der Waals surface area contributed by atoms with Gasteiger partial charge in [0.1, 0.15) is 22.8 Å². The van der Waals surface area contributed by atoms with Gasteiger partial charge >= 0.3 is 5.97 Å². The third-order valence-electron chi connectivity index (χ3n) is 5.48. The van der Waals surface area contributed by atoms with Crippen LogP contribution in [0.25, 0.3) is 16.8 Å². The van der Waals surface area contributed by atoms with Crippen LogP contribution >= 0.6 is 0 Å². The number of aryl methyl sites for hydroxylation is 1. The molecule has 0 saturated heterocycles. The normalized spacial score (nSPS) is 11.6. The molecule has 0 fully saturated rings. The lowest BCUT2D eigenvalue weighted by Crippen LogP contribution is -2.23. The van der Waals surface area contributed by atoms with Gasteiger partial charge in [0.2, 0.25) is 0 Å². The van der Waals surface area contributed by atoms with Gasteiger partial charge in [-0.2, -0.15) is 0 Å². The number of benzene rings is 3. The first-order valence-corrected chi connectivity index (χ1v) is 12.2. The van der Waals surface area contributed by atoms with Crippen LogP contribution in [0.3, 0.4) is 0 Å². The molecule has 0 aliphatic carbocycles. The summed E-state index contributed by atoms with van der Waals surface area (Å²) < 4.78 is 12.3. The monoisotopic (exact) mass is 514 g/mol. The number of nitrogens with one attached hydrogen (secondary N) is 1. The molecule has 0 radical (unpaired) electrons. The van der Waals surface area contributed by atoms with Crippen LogP contribution in [0.4, 0.5) is 11.4 Å². The predicted molar refractivity (Wildman–Crippen MR) is 145 cm³/mol. The molecule has 38 heavy (non-hydrogen) atoms. The zero-order valence-corrected chi connectivity index (χ0v) is 22.0. The van der Waals surface area contributed by atoms with Gasteiger partial charge in [0.05, 0.1) is 23.6 Å². The standard InChI is InChI=1S/C29H30N4O5/c1-6-37-25-10-8-7-9-24(25)30-31-26-18(2)32-33(27(26)35)22-15-21(16-23(34)17-22)19-11-13-20(14-12-19)28(36)38-29(3,4)5/h7-17,32,34H,6H2,1-5H3. The Balaban J connectivity index is 1.65. The highest BCUT2D eigenvalue weighted by molar-refractivity contribution is 5.90. The highest BCUT2D eigenvalue weighted by Crippen LogP contribution is 2.30. The number of carbonyl (C=O) groups is 1. The molecule has 1 heterocycles. The van der Waals surface area contributed by atoms with Gasteiger partial charge in [-0.1, -0.05) is 24.3 Å². The Morgan fingerprint density at radius 3 is 2.39 bits per heavy atom. The Morgan fingerprint density at radius 1 is 1.00 bits per heavy atom. The van der Waals surface area contributed by atoms with E-state index in [1.54, 1.807) is 55.5 Å². The number of aromatic amines is 1. The summed E-state index contributed by atoms with van der Waals surface area (Å²) in [6.45, 7) is 9.51. The van der Waals surface area contributed by atoms with Crippen LogP contribution < -0.4 is 10.3 Å². The van der Waals surface area contributed by atoms with Gasteiger partial charge in [-0.05, 0) is 82.1 Å². The lowest BCUT2D eigenvalue weighted by Gasteiger charge is -2.19. The number of hydrogen-bond donors (Lipinski definition) is 2. The number of H-pyrrole nitrogens is 1. The maximum absolute atomic E-state index is 13.2. The van der Waals surface area contributed by atoms with Crippen LogP contribution in [-0.4, -0.2) is 33.1 Å². The Morgan fingerprint density at radius 2 is 1.71 bits per heavy atom. The number of carbonyl (C=O) groups excluding carboxylic acids is 1. The number of phenols is 1. The molecule has 4 aromatic rings. The lowest BCUT2D eigenvalue weighted by molar-refractivity contribution is 0.00695. The van der Waals surface area contributed by atoms with E-state index in [1.807, 2.05) is 39.8 Å². The van der Waals surface area contributed by atoms with Crippen molar-refractivity contribution in [1.29, 1.82) is 0 Å². The highest BCUT2D eigenvalue weighted by atomic mass is 16.6. The molecule has 0 amide bonds. The first-order chi connectivity index (χ1) is 18.1. The fourth-order valence-corrected chi connectivity index (χ4v) is 3.79. The Bertz CT molecular complexity index is 1540. The van der Waals surface area contributed by atoms with Crippen molar-refractivity contribution in [3.63, 3.8) is 0 Å². The molecule has 0 aliphatic rings. The summed E-state index contributed by atoms with van der Waals surface area (Å²) in [6.07, 6.45) is 0. The molecule has 9 nitrogen and oxygen atoms in total. The minimum atomic E-state index is -0.595. The predicted octanol–water partition coefficient (Wildman–Crippen LogP) is 6.62. The van der Waals surface area contributed by atoms with Crippen LogP contribution in [0.1, 0.15) is 43.7 Å². The number of ether oxygens (including phenoxy) is 2. The zero-order valence-electron chi connectivity index (χ0n) is 22.0. The number of phenolic OH excluding ortho intramolecular Hbond substituents is 1. The fourth-order valence-electron chi connectivity index (χ4n) is 3.79. The molecule has 0 aliphatic heterocycles. The van der Waals surface area contributed by atoms with Gasteiger partial charge in [-0.3, -0.25) is 9.89 Å². The van der Waals surface area contributed by atoms with E-state index < -0.39 is 17.1 Å².